The molecule has 28 heavy (non-hydrogen) atoms. The highest BCUT2D eigenvalue weighted by Crippen LogP contribution is 2.29. The lowest BCUT2D eigenvalue weighted by molar-refractivity contribution is 0.269. The van der Waals surface area contributed by atoms with Gasteiger partial charge in [-0.2, -0.15) is 0 Å². The minimum Gasteiger partial charge on any atom is -0.490 e. The van der Waals surface area contributed by atoms with Gasteiger partial charge in [0.05, 0.1) is 6.61 Å². The Balaban J connectivity index is 1.87. The minimum atomic E-state index is 0.462. The average molecular weight is 405 g/mol. The summed E-state index contributed by atoms with van der Waals surface area (Å²) in [4.78, 5) is 2.45. The number of rotatable bonds is 13. The van der Waals surface area contributed by atoms with E-state index in [2.05, 4.69) is 36.2 Å². The normalized spacial score (nSPS) is 11.0. The molecule has 0 aliphatic heterocycles. The molecule has 0 radical (unpaired) electrons. The molecular weight excluding hydrogens is 372 g/mol. The standard InChI is InChI=1S/C23H33ClN2O2/c1-4-26(5-2)14-8-13-25-17-19-11-12-22(23(16-19)27-6-3)28-18-20-9-7-10-21(24)15-20/h7,9-12,15-16,25H,4-6,8,13-14,17-18H2,1-3H3. The molecule has 2 aromatic rings. The van der Waals surface area contributed by atoms with Crippen molar-refractivity contribution in [3.05, 3.63) is 58.6 Å². The van der Waals surface area contributed by atoms with Gasteiger partial charge in [-0.25, -0.2) is 0 Å². The van der Waals surface area contributed by atoms with Gasteiger partial charge in [0.2, 0.25) is 0 Å². The van der Waals surface area contributed by atoms with Crippen LogP contribution in [0.1, 0.15) is 38.3 Å². The van der Waals surface area contributed by atoms with Crippen molar-refractivity contribution in [2.75, 3.05) is 32.8 Å². The minimum absolute atomic E-state index is 0.462. The van der Waals surface area contributed by atoms with E-state index in [1.165, 1.54) is 5.56 Å². The van der Waals surface area contributed by atoms with Gasteiger partial charge >= 0.3 is 0 Å². The second kappa shape index (κ2) is 12.7. The van der Waals surface area contributed by atoms with E-state index in [4.69, 9.17) is 21.1 Å². The van der Waals surface area contributed by atoms with Gasteiger partial charge in [-0.1, -0.05) is 43.6 Å². The van der Waals surface area contributed by atoms with Gasteiger partial charge in [0, 0.05) is 11.6 Å². The molecule has 0 heterocycles. The lowest BCUT2D eigenvalue weighted by Gasteiger charge is -2.18. The highest BCUT2D eigenvalue weighted by atomic mass is 35.5. The number of ether oxygens (including phenoxy) is 2. The van der Waals surface area contributed by atoms with Crippen LogP contribution < -0.4 is 14.8 Å². The molecule has 0 saturated heterocycles. The SMILES string of the molecule is CCOc1cc(CNCCCN(CC)CC)ccc1OCc1cccc(Cl)c1. The molecule has 0 aliphatic rings. The first-order valence-corrected chi connectivity index (χ1v) is 10.6. The molecule has 0 fully saturated rings. The Morgan fingerprint density at radius 1 is 0.929 bits per heavy atom. The monoisotopic (exact) mass is 404 g/mol. The van der Waals surface area contributed by atoms with Crippen molar-refractivity contribution in [3.8, 4) is 11.5 Å². The molecule has 4 nitrogen and oxygen atoms in total. The van der Waals surface area contributed by atoms with E-state index in [1.807, 2.05) is 37.3 Å². The fraction of sp³-hybridized carbons (Fsp3) is 0.478. The van der Waals surface area contributed by atoms with Gasteiger partial charge in [-0.05, 0) is 74.9 Å². The van der Waals surface area contributed by atoms with E-state index in [1.54, 1.807) is 0 Å². The average Bonchev–Trinajstić information content (AvgIpc) is 2.70. The zero-order valence-corrected chi connectivity index (χ0v) is 18.1. The van der Waals surface area contributed by atoms with Crippen LogP contribution in [0.4, 0.5) is 0 Å². The predicted octanol–water partition coefficient (Wildman–Crippen LogP) is 5.14. The first-order valence-electron chi connectivity index (χ1n) is 10.2. The highest BCUT2D eigenvalue weighted by molar-refractivity contribution is 6.30. The number of benzene rings is 2. The fourth-order valence-electron chi connectivity index (χ4n) is 3.04. The van der Waals surface area contributed by atoms with Crippen molar-refractivity contribution >= 4 is 11.6 Å². The van der Waals surface area contributed by atoms with Crippen LogP contribution in [0.15, 0.2) is 42.5 Å². The Morgan fingerprint density at radius 2 is 1.75 bits per heavy atom. The summed E-state index contributed by atoms with van der Waals surface area (Å²) in [6, 6.07) is 13.9. The number of halogens is 1. The molecule has 0 aliphatic carbocycles. The molecule has 0 spiro atoms. The van der Waals surface area contributed by atoms with E-state index in [0.717, 1.165) is 56.2 Å². The molecule has 0 bridgehead atoms. The van der Waals surface area contributed by atoms with E-state index >= 15 is 0 Å². The summed E-state index contributed by atoms with van der Waals surface area (Å²) in [5.74, 6) is 1.54. The van der Waals surface area contributed by atoms with Gasteiger partial charge in [-0.15, -0.1) is 0 Å². The Bertz CT molecular complexity index is 705. The van der Waals surface area contributed by atoms with Gasteiger partial charge in [0.15, 0.2) is 11.5 Å². The molecule has 0 saturated carbocycles. The summed E-state index contributed by atoms with van der Waals surface area (Å²) < 4.78 is 11.8. The predicted molar refractivity (Wildman–Crippen MR) is 118 cm³/mol. The van der Waals surface area contributed by atoms with Crippen LogP contribution in [0.3, 0.4) is 0 Å². The first kappa shape index (κ1) is 22.5. The highest BCUT2D eigenvalue weighted by Gasteiger charge is 2.08. The van der Waals surface area contributed by atoms with Crippen LogP contribution in [-0.2, 0) is 13.2 Å². The maximum atomic E-state index is 6.04. The molecule has 0 amide bonds. The maximum absolute atomic E-state index is 6.04. The summed E-state index contributed by atoms with van der Waals surface area (Å²) in [6.45, 7) is 12.7. The zero-order chi connectivity index (χ0) is 20.2. The molecule has 0 atom stereocenters. The van der Waals surface area contributed by atoms with Crippen molar-refractivity contribution in [3.63, 3.8) is 0 Å². The smallest absolute Gasteiger partial charge is 0.161 e. The van der Waals surface area contributed by atoms with E-state index < -0.39 is 0 Å². The Morgan fingerprint density at radius 3 is 2.46 bits per heavy atom. The Hall–Kier alpha value is -1.75. The fourth-order valence-corrected chi connectivity index (χ4v) is 3.25. The van der Waals surface area contributed by atoms with Crippen LogP contribution in [0.5, 0.6) is 11.5 Å². The number of nitrogens with zero attached hydrogens (tertiary/aromatic N) is 1. The molecule has 0 unspecified atom stereocenters. The van der Waals surface area contributed by atoms with Crippen molar-refractivity contribution in [1.82, 2.24) is 10.2 Å². The van der Waals surface area contributed by atoms with Crippen molar-refractivity contribution in [2.24, 2.45) is 0 Å². The third-order valence-electron chi connectivity index (χ3n) is 4.64. The number of nitrogens with one attached hydrogen (secondary N) is 1. The molecule has 2 aromatic carbocycles. The second-order valence-electron chi connectivity index (χ2n) is 6.69. The van der Waals surface area contributed by atoms with Crippen molar-refractivity contribution in [2.45, 2.75) is 40.3 Å². The molecular formula is C23H33ClN2O2. The summed E-state index contributed by atoms with van der Waals surface area (Å²) in [7, 11) is 0. The Kier molecular flexibility index (Phi) is 10.2. The molecule has 0 aromatic heterocycles. The van der Waals surface area contributed by atoms with Crippen LogP contribution in [0, 0.1) is 0 Å². The van der Waals surface area contributed by atoms with E-state index in [-0.39, 0.29) is 0 Å². The Labute approximate surface area is 174 Å². The summed E-state index contributed by atoms with van der Waals surface area (Å²) >= 11 is 6.04. The lowest BCUT2D eigenvalue weighted by atomic mass is 10.2. The summed E-state index contributed by atoms with van der Waals surface area (Å²) in [5, 5.41) is 4.24. The number of hydrogen-bond acceptors (Lipinski definition) is 4. The third kappa shape index (κ3) is 7.70. The van der Waals surface area contributed by atoms with Crippen molar-refractivity contribution < 1.29 is 9.47 Å². The van der Waals surface area contributed by atoms with Crippen LogP contribution in [0.25, 0.3) is 0 Å². The van der Waals surface area contributed by atoms with Crippen molar-refractivity contribution in [1.29, 1.82) is 0 Å². The van der Waals surface area contributed by atoms with E-state index in [9.17, 15) is 0 Å². The molecule has 1 N–H and O–H groups in total. The summed E-state index contributed by atoms with van der Waals surface area (Å²) in [5.41, 5.74) is 2.23. The van der Waals surface area contributed by atoms with Gasteiger partial charge < -0.3 is 19.7 Å². The first-order chi connectivity index (χ1) is 13.7. The largest absolute Gasteiger partial charge is 0.490 e. The van der Waals surface area contributed by atoms with Gasteiger partial charge in [0.1, 0.15) is 6.61 Å². The molecule has 2 rings (SSSR count). The maximum Gasteiger partial charge on any atom is 0.161 e. The van der Waals surface area contributed by atoms with Gasteiger partial charge in [0.25, 0.3) is 0 Å². The van der Waals surface area contributed by atoms with Crippen LogP contribution in [0.2, 0.25) is 5.02 Å². The number of hydrogen-bond donors (Lipinski definition) is 1. The molecule has 154 valence electrons. The van der Waals surface area contributed by atoms with Crippen LogP contribution in [-0.4, -0.2) is 37.7 Å². The zero-order valence-electron chi connectivity index (χ0n) is 17.3. The van der Waals surface area contributed by atoms with E-state index in [0.29, 0.717) is 18.2 Å². The van der Waals surface area contributed by atoms with Gasteiger partial charge in [-0.3, -0.25) is 0 Å². The lowest BCUT2D eigenvalue weighted by Crippen LogP contribution is -2.27. The quantitative estimate of drug-likeness (QED) is 0.469. The third-order valence-corrected chi connectivity index (χ3v) is 4.88. The summed E-state index contributed by atoms with van der Waals surface area (Å²) in [6.07, 6.45) is 1.15. The topological polar surface area (TPSA) is 33.7 Å². The van der Waals surface area contributed by atoms with Crippen LogP contribution >= 0.6 is 11.6 Å². The second-order valence-corrected chi connectivity index (χ2v) is 7.13. The molecule has 5 heteroatoms.